The van der Waals surface area contributed by atoms with Crippen LogP contribution >= 0.6 is 0 Å². The van der Waals surface area contributed by atoms with Crippen molar-refractivity contribution in [2.24, 2.45) is 0 Å². The third kappa shape index (κ3) is 3.89. The normalized spacial score (nSPS) is 24.6. The molecule has 1 saturated carbocycles. The first kappa shape index (κ1) is 15.7. The molecule has 2 atom stereocenters. The Morgan fingerprint density at radius 3 is 2.95 bits per heavy atom. The molecule has 1 fully saturated rings. The highest BCUT2D eigenvalue weighted by Crippen LogP contribution is 2.33. The highest BCUT2D eigenvalue weighted by atomic mass is 16.5. The molecule has 1 aliphatic carbocycles. The predicted molar refractivity (Wildman–Crippen MR) is 85.7 cm³/mol. The second-order valence-electron chi connectivity index (χ2n) is 6.00. The second-order valence-corrected chi connectivity index (χ2v) is 6.00. The quantitative estimate of drug-likeness (QED) is 0.874. The van der Waals surface area contributed by atoms with E-state index < -0.39 is 5.54 Å². The van der Waals surface area contributed by atoms with Crippen molar-refractivity contribution in [2.75, 3.05) is 25.5 Å². The maximum absolute atomic E-state index is 9.47. The molecule has 2 rings (SSSR count). The minimum Gasteiger partial charge on any atom is -0.490 e. The summed E-state index contributed by atoms with van der Waals surface area (Å²) in [5.41, 5.74) is 0.723. The number of nitrogens with one attached hydrogen (secondary N) is 1. The summed E-state index contributed by atoms with van der Waals surface area (Å²) in [4.78, 5) is 2.06. The number of benzene rings is 1. The van der Waals surface area contributed by atoms with Gasteiger partial charge in [-0.3, -0.25) is 5.32 Å². The van der Waals surface area contributed by atoms with Gasteiger partial charge in [-0.1, -0.05) is 13.0 Å². The molecule has 21 heavy (non-hydrogen) atoms. The third-order valence-corrected chi connectivity index (χ3v) is 4.03. The topological polar surface area (TPSA) is 48.3 Å². The largest absolute Gasteiger partial charge is 0.490 e. The molecule has 1 aromatic carbocycles. The molecule has 4 heteroatoms. The van der Waals surface area contributed by atoms with Gasteiger partial charge in [0.05, 0.1) is 6.07 Å². The van der Waals surface area contributed by atoms with E-state index in [1.807, 2.05) is 32.3 Å². The number of hydrogen-bond donors (Lipinski definition) is 1. The molecule has 114 valence electrons. The molecule has 1 aromatic rings. The molecule has 0 bridgehead atoms. The van der Waals surface area contributed by atoms with Crippen molar-refractivity contribution >= 4 is 5.69 Å². The Hall–Kier alpha value is -1.73. The molecule has 1 aliphatic rings. The van der Waals surface area contributed by atoms with E-state index in [1.165, 1.54) is 0 Å². The van der Waals surface area contributed by atoms with Crippen molar-refractivity contribution in [2.45, 2.75) is 44.2 Å². The Morgan fingerprint density at radius 1 is 1.48 bits per heavy atom. The van der Waals surface area contributed by atoms with Crippen LogP contribution in [0.1, 0.15) is 32.6 Å². The van der Waals surface area contributed by atoms with Crippen LogP contribution in [0.5, 0.6) is 5.75 Å². The van der Waals surface area contributed by atoms with Gasteiger partial charge in [-0.2, -0.15) is 5.26 Å². The Labute approximate surface area is 127 Å². The van der Waals surface area contributed by atoms with E-state index in [0.29, 0.717) is 0 Å². The minimum absolute atomic E-state index is 0.117. The van der Waals surface area contributed by atoms with Gasteiger partial charge in [0.25, 0.3) is 0 Å². The predicted octanol–water partition coefficient (Wildman–Crippen LogP) is 2.95. The standard InChI is InChI=1S/C17H25N3O/c1-4-10-19-17(13-18)9-8-16(12-17)21-15-7-5-6-14(11-15)20(2)3/h5-7,11,16,19H,4,8-10,12H2,1-3H3. The van der Waals surface area contributed by atoms with Crippen LogP contribution in [0.3, 0.4) is 0 Å². The van der Waals surface area contributed by atoms with Gasteiger partial charge in [0.2, 0.25) is 0 Å². The summed E-state index contributed by atoms with van der Waals surface area (Å²) in [6.07, 6.45) is 3.71. The Balaban J connectivity index is 1.99. The smallest absolute Gasteiger partial charge is 0.121 e. The van der Waals surface area contributed by atoms with Gasteiger partial charge in [-0.25, -0.2) is 0 Å². The van der Waals surface area contributed by atoms with Crippen LogP contribution in [-0.2, 0) is 0 Å². The van der Waals surface area contributed by atoms with Crippen molar-refractivity contribution in [3.05, 3.63) is 24.3 Å². The van der Waals surface area contributed by atoms with Crippen LogP contribution in [0.2, 0.25) is 0 Å². The fourth-order valence-corrected chi connectivity index (χ4v) is 2.79. The van der Waals surface area contributed by atoms with Gasteiger partial charge in [0.1, 0.15) is 17.4 Å². The van der Waals surface area contributed by atoms with Crippen molar-refractivity contribution in [3.63, 3.8) is 0 Å². The zero-order valence-corrected chi connectivity index (χ0v) is 13.2. The molecule has 0 heterocycles. The summed E-state index contributed by atoms with van der Waals surface area (Å²) in [5.74, 6) is 0.885. The zero-order chi connectivity index (χ0) is 15.3. The van der Waals surface area contributed by atoms with Gasteiger partial charge < -0.3 is 9.64 Å². The van der Waals surface area contributed by atoms with E-state index in [-0.39, 0.29) is 6.10 Å². The van der Waals surface area contributed by atoms with Crippen molar-refractivity contribution < 1.29 is 4.74 Å². The van der Waals surface area contributed by atoms with Crippen LogP contribution in [0.15, 0.2) is 24.3 Å². The number of rotatable bonds is 6. The van der Waals surface area contributed by atoms with Crippen LogP contribution in [0.25, 0.3) is 0 Å². The fourth-order valence-electron chi connectivity index (χ4n) is 2.79. The van der Waals surface area contributed by atoms with E-state index in [2.05, 4.69) is 29.3 Å². The first-order valence-electron chi connectivity index (χ1n) is 7.69. The lowest BCUT2D eigenvalue weighted by Crippen LogP contribution is -2.42. The highest BCUT2D eigenvalue weighted by molar-refractivity contribution is 5.49. The molecule has 1 N–H and O–H groups in total. The van der Waals surface area contributed by atoms with E-state index in [4.69, 9.17) is 4.74 Å². The van der Waals surface area contributed by atoms with E-state index >= 15 is 0 Å². The van der Waals surface area contributed by atoms with E-state index in [1.54, 1.807) is 0 Å². The summed E-state index contributed by atoms with van der Waals surface area (Å²) < 4.78 is 6.09. The maximum Gasteiger partial charge on any atom is 0.121 e. The summed E-state index contributed by atoms with van der Waals surface area (Å²) in [5, 5.41) is 12.9. The first-order valence-corrected chi connectivity index (χ1v) is 7.69. The lowest BCUT2D eigenvalue weighted by atomic mass is 9.99. The summed E-state index contributed by atoms with van der Waals surface area (Å²) in [7, 11) is 4.04. The molecule has 0 aromatic heterocycles. The Kier molecular flexibility index (Phi) is 5.08. The van der Waals surface area contributed by atoms with Gasteiger partial charge in [0.15, 0.2) is 0 Å². The highest BCUT2D eigenvalue weighted by Gasteiger charge is 2.40. The summed E-state index contributed by atoms with van der Waals surface area (Å²) >= 11 is 0. The van der Waals surface area contributed by atoms with Gasteiger partial charge in [0, 0.05) is 32.3 Å². The Bertz CT molecular complexity index is 509. The number of nitriles is 1. The number of ether oxygens (including phenoxy) is 1. The third-order valence-electron chi connectivity index (χ3n) is 4.03. The van der Waals surface area contributed by atoms with Crippen LogP contribution in [0.4, 0.5) is 5.69 Å². The van der Waals surface area contributed by atoms with E-state index in [9.17, 15) is 5.26 Å². The summed E-state index contributed by atoms with van der Waals surface area (Å²) in [6.45, 7) is 3.00. The molecule has 0 amide bonds. The molecule has 0 spiro atoms. The molecule has 0 aliphatic heterocycles. The SMILES string of the molecule is CCCNC1(C#N)CCC(Oc2cccc(N(C)C)c2)C1. The maximum atomic E-state index is 9.47. The average Bonchev–Trinajstić information content (AvgIpc) is 2.89. The summed E-state index contributed by atoms with van der Waals surface area (Å²) in [6, 6.07) is 10.6. The minimum atomic E-state index is -0.403. The van der Waals surface area contributed by atoms with Gasteiger partial charge >= 0.3 is 0 Å². The average molecular weight is 287 g/mol. The molecular weight excluding hydrogens is 262 g/mol. The van der Waals surface area contributed by atoms with Crippen LogP contribution in [-0.4, -0.2) is 32.3 Å². The monoisotopic (exact) mass is 287 g/mol. The first-order chi connectivity index (χ1) is 10.1. The molecule has 0 saturated heterocycles. The Morgan fingerprint density at radius 2 is 2.29 bits per heavy atom. The van der Waals surface area contributed by atoms with Gasteiger partial charge in [-0.05, 0) is 37.9 Å². The molecule has 2 unspecified atom stereocenters. The fraction of sp³-hybridized carbons (Fsp3) is 0.588. The lowest BCUT2D eigenvalue weighted by molar-refractivity contribution is 0.201. The number of nitrogens with zero attached hydrogens (tertiary/aromatic N) is 2. The van der Waals surface area contributed by atoms with Crippen molar-refractivity contribution in [1.29, 1.82) is 5.26 Å². The molecule has 0 radical (unpaired) electrons. The number of anilines is 1. The van der Waals surface area contributed by atoms with E-state index in [0.717, 1.165) is 43.7 Å². The van der Waals surface area contributed by atoms with Crippen LogP contribution < -0.4 is 15.0 Å². The second kappa shape index (κ2) is 6.82. The molecular formula is C17H25N3O. The zero-order valence-electron chi connectivity index (χ0n) is 13.2. The lowest BCUT2D eigenvalue weighted by Gasteiger charge is -2.23. The molecule has 4 nitrogen and oxygen atoms in total. The van der Waals surface area contributed by atoms with Crippen molar-refractivity contribution in [1.82, 2.24) is 5.32 Å². The van der Waals surface area contributed by atoms with Crippen LogP contribution in [0, 0.1) is 11.3 Å². The van der Waals surface area contributed by atoms with Crippen molar-refractivity contribution in [3.8, 4) is 11.8 Å². The number of hydrogen-bond acceptors (Lipinski definition) is 4. The van der Waals surface area contributed by atoms with Gasteiger partial charge in [-0.15, -0.1) is 0 Å².